The van der Waals surface area contributed by atoms with Crippen molar-refractivity contribution >= 4 is 8.41 Å². The summed E-state index contributed by atoms with van der Waals surface area (Å²) < 4.78 is 0. The van der Waals surface area contributed by atoms with Crippen LogP contribution in [0.4, 0.5) is 0 Å². The van der Waals surface area contributed by atoms with Gasteiger partial charge in [-0.1, -0.05) is 26.7 Å². The molecule has 0 atom stereocenters. The summed E-state index contributed by atoms with van der Waals surface area (Å²) in [4.78, 5) is 0. The smallest absolute Gasteiger partial charge is 0.0654 e. The second-order valence-electron chi connectivity index (χ2n) is 1.000. The third-order valence-corrected chi connectivity index (χ3v) is 0.500. The molecule has 0 aromatic heterocycles. The summed E-state index contributed by atoms with van der Waals surface area (Å²) in [5, 5.41) is 0. The SMILES string of the molecule is B.CCCC. The second kappa shape index (κ2) is 8.96. The minimum atomic E-state index is 0. The molecule has 0 fully saturated rings. The average molecular weight is 72.0 g/mol. The van der Waals surface area contributed by atoms with E-state index in [4.69, 9.17) is 0 Å². The standard InChI is InChI=1S/C4H10.BH3/c1-3-4-2;/h3-4H2,1-2H3;1H3. The van der Waals surface area contributed by atoms with Gasteiger partial charge in [0.2, 0.25) is 0 Å². The van der Waals surface area contributed by atoms with Gasteiger partial charge in [-0.3, -0.25) is 0 Å². The van der Waals surface area contributed by atoms with Crippen LogP contribution in [0.15, 0.2) is 0 Å². The zero-order valence-electron chi connectivity index (χ0n) is 3.41. The molecule has 5 heavy (non-hydrogen) atoms. The van der Waals surface area contributed by atoms with Crippen molar-refractivity contribution in [3.8, 4) is 0 Å². The van der Waals surface area contributed by atoms with Gasteiger partial charge in [-0.05, 0) is 0 Å². The summed E-state index contributed by atoms with van der Waals surface area (Å²) >= 11 is 0. The van der Waals surface area contributed by atoms with Gasteiger partial charge in [0.1, 0.15) is 0 Å². The van der Waals surface area contributed by atoms with Crippen molar-refractivity contribution in [1.82, 2.24) is 0 Å². The topological polar surface area (TPSA) is 0 Å². The highest BCUT2D eigenvalue weighted by molar-refractivity contribution is 5.75. The number of hydrogen-bond donors (Lipinski definition) is 0. The molecule has 0 spiro atoms. The first kappa shape index (κ1) is 8.91. The fraction of sp³-hybridized carbons (Fsp3) is 1.00. The van der Waals surface area contributed by atoms with Crippen LogP contribution in [0.1, 0.15) is 26.7 Å². The summed E-state index contributed by atoms with van der Waals surface area (Å²) in [5.41, 5.74) is 0. The third kappa shape index (κ3) is 15.3. The van der Waals surface area contributed by atoms with Gasteiger partial charge in [-0.15, -0.1) is 0 Å². The normalized spacial score (nSPS) is 6.00. The molecule has 0 radical (unpaired) electrons. The molecule has 0 aliphatic rings. The van der Waals surface area contributed by atoms with Crippen molar-refractivity contribution in [2.45, 2.75) is 26.7 Å². The lowest BCUT2D eigenvalue weighted by Crippen LogP contribution is -1.47. The van der Waals surface area contributed by atoms with Gasteiger partial charge in [-0.25, -0.2) is 0 Å². The zero-order valence-corrected chi connectivity index (χ0v) is 3.41. The largest absolute Gasteiger partial charge is 0.0814 e. The highest BCUT2D eigenvalue weighted by Gasteiger charge is 1.56. The van der Waals surface area contributed by atoms with Crippen LogP contribution in [-0.4, -0.2) is 8.41 Å². The van der Waals surface area contributed by atoms with E-state index in [2.05, 4.69) is 13.8 Å². The molecule has 0 N–H and O–H groups in total. The Labute approximate surface area is 36.2 Å². The Morgan fingerprint density at radius 3 is 1.20 bits per heavy atom. The van der Waals surface area contributed by atoms with Crippen molar-refractivity contribution in [3.05, 3.63) is 0 Å². The van der Waals surface area contributed by atoms with E-state index in [1.807, 2.05) is 0 Å². The Kier molecular flexibility index (Phi) is 16.0. The van der Waals surface area contributed by atoms with Gasteiger partial charge in [0.25, 0.3) is 0 Å². The van der Waals surface area contributed by atoms with Crippen LogP contribution in [0.3, 0.4) is 0 Å². The van der Waals surface area contributed by atoms with Crippen LogP contribution in [-0.2, 0) is 0 Å². The predicted octanol–water partition coefficient (Wildman–Crippen LogP) is 0.623. The molecule has 0 aliphatic heterocycles. The van der Waals surface area contributed by atoms with E-state index in [0.29, 0.717) is 0 Å². The molecule has 0 aromatic rings. The Balaban J connectivity index is 0. The van der Waals surface area contributed by atoms with Crippen LogP contribution in [0.2, 0.25) is 0 Å². The molecule has 0 saturated heterocycles. The van der Waals surface area contributed by atoms with E-state index in [1.54, 1.807) is 0 Å². The summed E-state index contributed by atoms with van der Waals surface area (Å²) in [6, 6.07) is 0. The maximum Gasteiger partial charge on any atom is 0.0814 e. The first-order valence-corrected chi connectivity index (χ1v) is 1.91. The van der Waals surface area contributed by atoms with Gasteiger partial charge in [0.15, 0.2) is 0 Å². The summed E-state index contributed by atoms with van der Waals surface area (Å²) in [6.45, 7) is 4.36. The van der Waals surface area contributed by atoms with Crippen LogP contribution in [0.25, 0.3) is 0 Å². The van der Waals surface area contributed by atoms with Crippen LogP contribution >= 0.6 is 0 Å². The molecule has 0 nitrogen and oxygen atoms in total. The minimum absolute atomic E-state index is 0. The van der Waals surface area contributed by atoms with Crippen molar-refractivity contribution < 1.29 is 0 Å². The molecular formula is C4H13B. The summed E-state index contributed by atoms with van der Waals surface area (Å²) in [7, 11) is 0. The number of unbranched alkanes of at least 4 members (excludes halogenated alkanes) is 1. The molecule has 0 saturated carbocycles. The lowest BCUT2D eigenvalue weighted by molar-refractivity contribution is 0.886. The maximum absolute atomic E-state index is 2.18. The van der Waals surface area contributed by atoms with Gasteiger partial charge >= 0.3 is 0 Å². The molecule has 32 valence electrons. The van der Waals surface area contributed by atoms with Crippen molar-refractivity contribution in [3.63, 3.8) is 0 Å². The van der Waals surface area contributed by atoms with Crippen LogP contribution in [0.5, 0.6) is 0 Å². The molecule has 0 heterocycles. The average Bonchev–Trinajstić information content (AvgIpc) is 1.37. The highest BCUT2D eigenvalue weighted by atomic mass is 13.6. The van der Waals surface area contributed by atoms with E-state index < -0.39 is 0 Å². The monoisotopic (exact) mass is 72.1 g/mol. The number of hydrogen-bond acceptors (Lipinski definition) is 0. The molecule has 0 aromatic carbocycles. The third-order valence-electron chi connectivity index (χ3n) is 0.500. The highest BCUT2D eigenvalue weighted by Crippen LogP contribution is 1.76. The molecule has 0 unspecified atom stereocenters. The summed E-state index contributed by atoms with van der Waals surface area (Å²) in [6.07, 6.45) is 2.64. The first-order valence-electron chi connectivity index (χ1n) is 1.91. The first-order chi connectivity index (χ1) is 1.91. The van der Waals surface area contributed by atoms with E-state index in [-0.39, 0.29) is 8.41 Å². The lowest BCUT2D eigenvalue weighted by Gasteiger charge is -1.68. The molecule has 0 bridgehead atoms. The zero-order chi connectivity index (χ0) is 3.41. The van der Waals surface area contributed by atoms with Gasteiger partial charge < -0.3 is 0 Å². The second-order valence-corrected chi connectivity index (χ2v) is 1.000. The Bertz CT molecular complexity index is 5.61. The minimum Gasteiger partial charge on any atom is -0.0654 e. The fourth-order valence-electron chi connectivity index (χ4n) is 0. The predicted molar refractivity (Wildman–Crippen MR) is 30.5 cm³/mol. The van der Waals surface area contributed by atoms with Gasteiger partial charge in [-0.2, -0.15) is 0 Å². The Morgan fingerprint density at radius 2 is 1.20 bits per heavy atom. The molecule has 0 aliphatic carbocycles. The van der Waals surface area contributed by atoms with Crippen molar-refractivity contribution in [2.75, 3.05) is 0 Å². The maximum atomic E-state index is 2.18. The van der Waals surface area contributed by atoms with Gasteiger partial charge in [0, 0.05) is 0 Å². The lowest BCUT2D eigenvalue weighted by atomic mass is 10.4. The van der Waals surface area contributed by atoms with Crippen LogP contribution < -0.4 is 0 Å². The van der Waals surface area contributed by atoms with Crippen molar-refractivity contribution in [1.29, 1.82) is 0 Å². The van der Waals surface area contributed by atoms with Crippen LogP contribution in [0, 0.1) is 0 Å². The quantitative estimate of drug-likeness (QED) is 0.398. The Hall–Kier alpha value is 0.0649. The summed E-state index contributed by atoms with van der Waals surface area (Å²) in [5.74, 6) is 0. The molecule has 1 heteroatoms. The Morgan fingerprint density at radius 1 is 1.00 bits per heavy atom. The van der Waals surface area contributed by atoms with Crippen molar-refractivity contribution in [2.24, 2.45) is 0 Å². The van der Waals surface area contributed by atoms with E-state index >= 15 is 0 Å². The van der Waals surface area contributed by atoms with E-state index in [1.165, 1.54) is 12.8 Å². The molecule has 0 amide bonds. The van der Waals surface area contributed by atoms with E-state index in [0.717, 1.165) is 0 Å². The molecule has 0 rings (SSSR count). The molecular weight excluding hydrogens is 58.9 g/mol. The van der Waals surface area contributed by atoms with E-state index in [9.17, 15) is 0 Å². The van der Waals surface area contributed by atoms with Gasteiger partial charge in [0.05, 0.1) is 8.41 Å². The number of rotatable bonds is 1. The fourth-order valence-corrected chi connectivity index (χ4v) is 0.